The number of anilines is 3. The summed E-state index contributed by atoms with van der Waals surface area (Å²) < 4.78 is 27.7. The molecule has 10 heteroatoms. The third kappa shape index (κ3) is 5.35. The Bertz CT molecular complexity index is 1300. The Balaban J connectivity index is 1.57. The number of rotatable bonds is 7. The van der Waals surface area contributed by atoms with Gasteiger partial charge in [-0.05, 0) is 61.0 Å². The minimum absolute atomic E-state index is 0.0264. The minimum atomic E-state index is -4.09. The Morgan fingerprint density at radius 1 is 0.971 bits per heavy atom. The fraction of sp³-hybridized carbons (Fsp3) is 0.167. The lowest BCUT2D eigenvalue weighted by Gasteiger charge is -2.24. The third-order valence-corrected chi connectivity index (χ3v) is 7.51. The van der Waals surface area contributed by atoms with Crippen molar-refractivity contribution in [3.8, 4) is 0 Å². The lowest BCUT2D eigenvalue weighted by Crippen LogP contribution is -2.38. The zero-order valence-electron chi connectivity index (χ0n) is 17.9. The van der Waals surface area contributed by atoms with Gasteiger partial charge in [-0.1, -0.05) is 41.4 Å². The van der Waals surface area contributed by atoms with Gasteiger partial charge < -0.3 is 10.2 Å². The summed E-state index contributed by atoms with van der Waals surface area (Å²) in [5.41, 5.74) is 1.39. The summed E-state index contributed by atoms with van der Waals surface area (Å²) in [5.74, 6) is -0.487. The Morgan fingerprint density at radius 2 is 1.62 bits per heavy atom. The van der Waals surface area contributed by atoms with E-state index >= 15 is 0 Å². The van der Waals surface area contributed by atoms with E-state index in [0.717, 1.165) is 16.4 Å². The van der Waals surface area contributed by atoms with Gasteiger partial charge in [0, 0.05) is 34.4 Å². The molecule has 34 heavy (non-hydrogen) atoms. The van der Waals surface area contributed by atoms with Gasteiger partial charge in [0.2, 0.25) is 11.8 Å². The second-order valence-corrected chi connectivity index (χ2v) is 10.4. The standard InChI is InChI=1S/C24H21Cl2N3O4S/c25-17-13-18(26)15-21(14-17)29(34(32,33)22-5-2-1-3-6-22)16-23(30)27-19-8-10-20(11-9-19)28-12-4-7-24(28)31/h1-3,5-6,8-11,13-15H,4,7,12,16H2,(H,27,30). The maximum absolute atomic E-state index is 13.4. The van der Waals surface area contributed by atoms with E-state index in [-0.39, 0.29) is 26.5 Å². The van der Waals surface area contributed by atoms with Crippen molar-refractivity contribution < 1.29 is 18.0 Å². The molecule has 0 atom stereocenters. The molecule has 0 aromatic heterocycles. The summed E-state index contributed by atoms with van der Waals surface area (Å²) >= 11 is 12.2. The van der Waals surface area contributed by atoms with E-state index in [4.69, 9.17) is 23.2 Å². The molecular formula is C24H21Cl2N3O4S. The summed E-state index contributed by atoms with van der Waals surface area (Å²) in [6.45, 7) is 0.166. The minimum Gasteiger partial charge on any atom is -0.325 e. The van der Waals surface area contributed by atoms with Crippen LogP contribution in [0.2, 0.25) is 10.0 Å². The third-order valence-electron chi connectivity index (χ3n) is 5.29. The van der Waals surface area contributed by atoms with Crippen molar-refractivity contribution in [1.29, 1.82) is 0 Å². The predicted octanol–water partition coefficient (Wildman–Crippen LogP) is 4.95. The number of carbonyl (C=O) groups excluding carboxylic acids is 2. The van der Waals surface area contributed by atoms with Gasteiger partial charge >= 0.3 is 0 Å². The van der Waals surface area contributed by atoms with Crippen molar-refractivity contribution in [1.82, 2.24) is 0 Å². The average Bonchev–Trinajstić information content (AvgIpc) is 3.23. The van der Waals surface area contributed by atoms with Crippen LogP contribution in [0.3, 0.4) is 0 Å². The maximum atomic E-state index is 13.4. The number of carbonyl (C=O) groups is 2. The van der Waals surface area contributed by atoms with Gasteiger partial charge in [0.1, 0.15) is 6.54 Å². The number of nitrogens with zero attached hydrogens (tertiary/aromatic N) is 2. The fourth-order valence-corrected chi connectivity index (χ4v) is 5.64. The molecule has 0 radical (unpaired) electrons. The predicted molar refractivity (Wildman–Crippen MR) is 134 cm³/mol. The highest BCUT2D eigenvalue weighted by molar-refractivity contribution is 7.92. The van der Waals surface area contributed by atoms with E-state index in [2.05, 4.69) is 5.32 Å². The highest BCUT2D eigenvalue weighted by Gasteiger charge is 2.28. The zero-order valence-corrected chi connectivity index (χ0v) is 20.3. The van der Waals surface area contributed by atoms with Crippen molar-refractivity contribution >= 4 is 62.1 Å². The Hall–Kier alpha value is -3.07. The van der Waals surface area contributed by atoms with E-state index in [0.29, 0.717) is 18.7 Å². The zero-order chi connectivity index (χ0) is 24.3. The van der Waals surface area contributed by atoms with Gasteiger partial charge in [0.25, 0.3) is 10.0 Å². The Morgan fingerprint density at radius 3 is 2.21 bits per heavy atom. The molecule has 2 amide bonds. The van der Waals surface area contributed by atoms with Gasteiger partial charge in [0.05, 0.1) is 10.6 Å². The number of amides is 2. The number of hydrogen-bond acceptors (Lipinski definition) is 4. The van der Waals surface area contributed by atoms with Crippen LogP contribution in [-0.2, 0) is 19.6 Å². The van der Waals surface area contributed by atoms with Crippen LogP contribution in [0.4, 0.5) is 17.1 Å². The topological polar surface area (TPSA) is 86.8 Å². The fourth-order valence-electron chi connectivity index (χ4n) is 3.69. The average molecular weight is 518 g/mol. The molecule has 1 N–H and O–H groups in total. The van der Waals surface area contributed by atoms with Crippen molar-refractivity contribution in [2.24, 2.45) is 0 Å². The summed E-state index contributed by atoms with van der Waals surface area (Å²) in [7, 11) is -4.09. The maximum Gasteiger partial charge on any atom is 0.264 e. The summed E-state index contributed by atoms with van der Waals surface area (Å²) in [5, 5.41) is 3.19. The van der Waals surface area contributed by atoms with Gasteiger partial charge in [0.15, 0.2) is 0 Å². The summed E-state index contributed by atoms with van der Waals surface area (Å²) in [4.78, 5) is 26.5. The molecule has 1 fully saturated rings. The van der Waals surface area contributed by atoms with Crippen LogP contribution in [0.5, 0.6) is 0 Å². The van der Waals surface area contributed by atoms with Crippen LogP contribution in [-0.4, -0.2) is 33.3 Å². The van der Waals surface area contributed by atoms with Crippen LogP contribution in [0.1, 0.15) is 12.8 Å². The normalized spacial score (nSPS) is 13.7. The van der Waals surface area contributed by atoms with Crippen LogP contribution >= 0.6 is 23.2 Å². The second-order valence-electron chi connectivity index (χ2n) is 7.70. The number of sulfonamides is 1. The monoisotopic (exact) mass is 517 g/mol. The number of nitrogens with one attached hydrogen (secondary N) is 1. The molecule has 1 aliphatic rings. The molecule has 1 saturated heterocycles. The quantitative estimate of drug-likeness (QED) is 0.480. The van der Waals surface area contributed by atoms with Gasteiger partial charge in [-0.2, -0.15) is 0 Å². The highest BCUT2D eigenvalue weighted by Crippen LogP contribution is 2.30. The number of halogens is 2. The molecule has 0 saturated carbocycles. The molecule has 0 unspecified atom stereocenters. The Kier molecular flexibility index (Phi) is 7.11. The first-order valence-electron chi connectivity index (χ1n) is 10.5. The van der Waals surface area contributed by atoms with Gasteiger partial charge in [-0.15, -0.1) is 0 Å². The Labute approximate surface area is 207 Å². The molecule has 3 aromatic carbocycles. The van der Waals surface area contributed by atoms with Crippen LogP contribution < -0.4 is 14.5 Å². The second kappa shape index (κ2) is 10.0. The first-order valence-corrected chi connectivity index (χ1v) is 12.7. The molecule has 4 rings (SSSR count). The van der Waals surface area contributed by atoms with Crippen LogP contribution in [0, 0.1) is 0 Å². The van der Waals surface area contributed by atoms with Crippen molar-refractivity contribution in [2.45, 2.75) is 17.7 Å². The van der Waals surface area contributed by atoms with Gasteiger partial charge in [-0.25, -0.2) is 8.42 Å². The van der Waals surface area contributed by atoms with E-state index in [1.807, 2.05) is 0 Å². The molecule has 1 heterocycles. The molecule has 0 bridgehead atoms. The SMILES string of the molecule is O=C(CN(c1cc(Cl)cc(Cl)c1)S(=O)(=O)c1ccccc1)Nc1ccc(N2CCCC2=O)cc1. The lowest BCUT2D eigenvalue weighted by atomic mass is 10.2. The largest absolute Gasteiger partial charge is 0.325 e. The number of hydrogen-bond donors (Lipinski definition) is 1. The van der Waals surface area contributed by atoms with Gasteiger partial charge in [-0.3, -0.25) is 13.9 Å². The molecular weight excluding hydrogens is 497 g/mol. The first kappa shape index (κ1) is 24.1. The van der Waals surface area contributed by atoms with E-state index in [9.17, 15) is 18.0 Å². The van der Waals surface area contributed by atoms with Crippen molar-refractivity contribution in [3.63, 3.8) is 0 Å². The molecule has 0 spiro atoms. The molecule has 1 aliphatic heterocycles. The smallest absolute Gasteiger partial charge is 0.264 e. The summed E-state index contributed by atoms with van der Waals surface area (Å²) in [6.07, 6.45) is 1.34. The summed E-state index contributed by atoms with van der Waals surface area (Å²) in [6, 6.07) is 19.0. The van der Waals surface area contributed by atoms with Crippen LogP contribution in [0.25, 0.3) is 0 Å². The van der Waals surface area contributed by atoms with E-state index < -0.39 is 22.5 Å². The van der Waals surface area contributed by atoms with Crippen molar-refractivity contribution in [3.05, 3.63) is 82.8 Å². The molecule has 3 aromatic rings. The molecule has 7 nitrogen and oxygen atoms in total. The first-order chi connectivity index (χ1) is 16.2. The molecule has 0 aliphatic carbocycles. The number of benzene rings is 3. The van der Waals surface area contributed by atoms with Crippen LogP contribution in [0.15, 0.2) is 77.7 Å². The van der Waals surface area contributed by atoms with Crippen molar-refractivity contribution in [2.75, 3.05) is 27.6 Å². The highest BCUT2D eigenvalue weighted by atomic mass is 35.5. The molecule has 176 valence electrons. The van der Waals surface area contributed by atoms with E-state index in [1.165, 1.54) is 30.3 Å². The lowest BCUT2D eigenvalue weighted by molar-refractivity contribution is -0.117. The van der Waals surface area contributed by atoms with E-state index in [1.54, 1.807) is 47.4 Å².